The minimum absolute atomic E-state index is 0.227. The van der Waals surface area contributed by atoms with Crippen LogP contribution in [0.1, 0.15) is 21.6 Å². The van der Waals surface area contributed by atoms with Crippen molar-refractivity contribution in [3.8, 4) is 11.4 Å². The third-order valence-electron chi connectivity index (χ3n) is 3.92. The van der Waals surface area contributed by atoms with E-state index in [9.17, 15) is 14.7 Å². The van der Waals surface area contributed by atoms with Gasteiger partial charge in [-0.25, -0.2) is 0 Å². The van der Waals surface area contributed by atoms with Gasteiger partial charge in [0, 0.05) is 16.2 Å². The average molecular weight is 414 g/mol. The molecule has 2 aromatic carbocycles. The SMILES string of the molecule is Cc1cccc(C)c1NC(=O)c1nn(-c2ccc(Br)cc2)c(=O)cc1O. The Hall–Kier alpha value is -2.93. The standard InChI is InChI=1S/C19H16BrN3O3/c1-11-4-3-5-12(2)17(11)21-19(26)18-15(24)10-16(25)23(22-18)14-8-6-13(20)7-9-14/h3-10,24H,1-2H3,(H,21,26). The number of rotatable bonds is 3. The Morgan fingerprint density at radius 1 is 1.12 bits per heavy atom. The molecule has 0 radical (unpaired) electrons. The first-order valence-electron chi connectivity index (χ1n) is 7.83. The zero-order valence-corrected chi connectivity index (χ0v) is 15.7. The monoisotopic (exact) mass is 413 g/mol. The fourth-order valence-corrected chi connectivity index (χ4v) is 2.82. The van der Waals surface area contributed by atoms with Crippen LogP contribution >= 0.6 is 15.9 Å². The second kappa shape index (κ2) is 7.13. The Bertz CT molecular complexity index is 1020. The molecule has 26 heavy (non-hydrogen) atoms. The zero-order chi connectivity index (χ0) is 18.8. The molecule has 1 amide bonds. The summed E-state index contributed by atoms with van der Waals surface area (Å²) in [6.07, 6.45) is 0. The normalized spacial score (nSPS) is 10.6. The molecule has 7 heteroatoms. The molecule has 0 aliphatic carbocycles. The number of hydrogen-bond donors (Lipinski definition) is 2. The van der Waals surface area contributed by atoms with E-state index in [0.29, 0.717) is 11.4 Å². The zero-order valence-electron chi connectivity index (χ0n) is 14.2. The number of nitrogens with one attached hydrogen (secondary N) is 1. The summed E-state index contributed by atoms with van der Waals surface area (Å²) in [6.45, 7) is 3.75. The van der Waals surface area contributed by atoms with Crippen LogP contribution in [-0.4, -0.2) is 20.8 Å². The predicted octanol–water partition coefficient (Wildman–Crippen LogP) is 3.57. The van der Waals surface area contributed by atoms with Gasteiger partial charge in [-0.15, -0.1) is 0 Å². The second-order valence-corrected chi connectivity index (χ2v) is 6.74. The Balaban J connectivity index is 2.02. The summed E-state index contributed by atoms with van der Waals surface area (Å²) in [7, 11) is 0. The third kappa shape index (κ3) is 3.52. The van der Waals surface area contributed by atoms with E-state index in [4.69, 9.17) is 0 Å². The van der Waals surface area contributed by atoms with Crippen molar-refractivity contribution in [1.82, 2.24) is 9.78 Å². The third-order valence-corrected chi connectivity index (χ3v) is 4.45. The molecule has 0 saturated heterocycles. The molecular formula is C19H16BrN3O3. The number of benzene rings is 2. The van der Waals surface area contributed by atoms with E-state index < -0.39 is 17.2 Å². The van der Waals surface area contributed by atoms with Gasteiger partial charge in [0.25, 0.3) is 11.5 Å². The van der Waals surface area contributed by atoms with Gasteiger partial charge < -0.3 is 10.4 Å². The van der Waals surface area contributed by atoms with E-state index in [1.54, 1.807) is 24.3 Å². The number of para-hydroxylation sites is 1. The summed E-state index contributed by atoms with van der Waals surface area (Å²) >= 11 is 3.32. The highest BCUT2D eigenvalue weighted by Crippen LogP contribution is 2.22. The molecule has 0 aliphatic rings. The molecule has 0 atom stereocenters. The van der Waals surface area contributed by atoms with Crippen molar-refractivity contribution in [1.29, 1.82) is 0 Å². The highest BCUT2D eigenvalue weighted by atomic mass is 79.9. The summed E-state index contributed by atoms with van der Waals surface area (Å²) in [6, 6.07) is 13.5. The minimum atomic E-state index is -0.592. The van der Waals surface area contributed by atoms with Crippen LogP contribution in [-0.2, 0) is 0 Å². The quantitative estimate of drug-likeness (QED) is 0.687. The second-order valence-electron chi connectivity index (χ2n) is 5.83. The van der Waals surface area contributed by atoms with E-state index in [1.807, 2.05) is 32.0 Å². The number of aromatic hydroxyl groups is 1. The van der Waals surface area contributed by atoms with Gasteiger partial charge in [-0.3, -0.25) is 9.59 Å². The molecule has 0 fully saturated rings. The van der Waals surface area contributed by atoms with Crippen LogP contribution in [0.3, 0.4) is 0 Å². The van der Waals surface area contributed by atoms with E-state index in [2.05, 4.69) is 26.3 Å². The van der Waals surface area contributed by atoms with Gasteiger partial charge in [-0.1, -0.05) is 34.1 Å². The van der Waals surface area contributed by atoms with Gasteiger partial charge in [-0.05, 0) is 49.2 Å². The van der Waals surface area contributed by atoms with Crippen LogP contribution in [0.25, 0.3) is 5.69 Å². The highest BCUT2D eigenvalue weighted by Gasteiger charge is 2.18. The van der Waals surface area contributed by atoms with Crippen molar-refractivity contribution in [3.63, 3.8) is 0 Å². The molecular weight excluding hydrogens is 398 g/mol. The minimum Gasteiger partial charge on any atom is -0.505 e. The average Bonchev–Trinajstić information content (AvgIpc) is 2.59. The first kappa shape index (κ1) is 17.9. The van der Waals surface area contributed by atoms with Crippen molar-refractivity contribution in [2.24, 2.45) is 0 Å². The van der Waals surface area contributed by atoms with Crippen LogP contribution in [0, 0.1) is 13.8 Å². The van der Waals surface area contributed by atoms with Gasteiger partial charge in [0.2, 0.25) is 0 Å². The van der Waals surface area contributed by atoms with Crippen LogP contribution in [0.4, 0.5) is 5.69 Å². The molecule has 0 bridgehead atoms. The molecule has 0 unspecified atom stereocenters. The van der Waals surface area contributed by atoms with E-state index >= 15 is 0 Å². The topological polar surface area (TPSA) is 84.2 Å². The van der Waals surface area contributed by atoms with Crippen LogP contribution in [0.15, 0.2) is 57.8 Å². The smallest absolute Gasteiger partial charge is 0.280 e. The van der Waals surface area contributed by atoms with Crippen LogP contribution < -0.4 is 10.9 Å². The van der Waals surface area contributed by atoms with Gasteiger partial charge in [-0.2, -0.15) is 9.78 Å². The molecule has 0 saturated carbocycles. The number of anilines is 1. The molecule has 0 spiro atoms. The number of nitrogens with zero attached hydrogens (tertiary/aromatic N) is 2. The maximum atomic E-state index is 12.6. The lowest BCUT2D eigenvalue weighted by atomic mass is 10.1. The molecule has 1 heterocycles. The van der Waals surface area contributed by atoms with Crippen molar-refractivity contribution >= 4 is 27.5 Å². The van der Waals surface area contributed by atoms with Gasteiger partial charge in [0.1, 0.15) is 0 Å². The lowest BCUT2D eigenvalue weighted by Gasteiger charge is -2.13. The Kier molecular flexibility index (Phi) is 4.90. The number of amides is 1. The van der Waals surface area contributed by atoms with Gasteiger partial charge >= 0.3 is 0 Å². The largest absolute Gasteiger partial charge is 0.505 e. The van der Waals surface area contributed by atoms with E-state index in [-0.39, 0.29) is 5.69 Å². The fourth-order valence-electron chi connectivity index (χ4n) is 2.56. The Morgan fingerprint density at radius 3 is 2.35 bits per heavy atom. The van der Waals surface area contributed by atoms with Crippen molar-refractivity contribution < 1.29 is 9.90 Å². The highest BCUT2D eigenvalue weighted by molar-refractivity contribution is 9.10. The molecule has 2 N–H and O–H groups in total. The first-order valence-corrected chi connectivity index (χ1v) is 8.63. The van der Waals surface area contributed by atoms with E-state index in [0.717, 1.165) is 26.3 Å². The lowest BCUT2D eigenvalue weighted by molar-refractivity contribution is 0.101. The van der Waals surface area contributed by atoms with Gasteiger partial charge in [0.15, 0.2) is 11.4 Å². The first-order chi connectivity index (χ1) is 12.4. The molecule has 0 aliphatic heterocycles. The molecule has 6 nitrogen and oxygen atoms in total. The molecule has 3 rings (SSSR count). The van der Waals surface area contributed by atoms with Gasteiger partial charge in [0.05, 0.1) is 5.69 Å². The van der Waals surface area contributed by atoms with Crippen molar-refractivity contribution in [3.05, 3.63) is 80.2 Å². The number of hydrogen-bond acceptors (Lipinski definition) is 4. The number of halogens is 1. The molecule has 1 aromatic heterocycles. The van der Waals surface area contributed by atoms with Crippen LogP contribution in [0.2, 0.25) is 0 Å². The van der Waals surface area contributed by atoms with E-state index in [1.165, 1.54) is 0 Å². The summed E-state index contributed by atoms with van der Waals surface area (Å²) < 4.78 is 1.92. The maximum absolute atomic E-state index is 12.6. The van der Waals surface area contributed by atoms with Crippen LogP contribution in [0.5, 0.6) is 5.75 Å². The summed E-state index contributed by atoms with van der Waals surface area (Å²) in [5.74, 6) is -1.06. The van der Waals surface area contributed by atoms with Crippen molar-refractivity contribution in [2.75, 3.05) is 5.32 Å². The summed E-state index contributed by atoms with van der Waals surface area (Å²) in [4.78, 5) is 24.8. The number of carbonyl (C=O) groups excluding carboxylic acids is 1. The fraction of sp³-hybridized carbons (Fsp3) is 0.105. The predicted molar refractivity (Wildman–Crippen MR) is 103 cm³/mol. The maximum Gasteiger partial charge on any atom is 0.280 e. The summed E-state index contributed by atoms with van der Waals surface area (Å²) in [5, 5.41) is 16.9. The number of aryl methyl sites for hydroxylation is 2. The molecule has 3 aromatic rings. The number of aromatic nitrogens is 2. The summed E-state index contributed by atoms with van der Waals surface area (Å²) in [5.41, 5.74) is 2.15. The van der Waals surface area contributed by atoms with Crippen molar-refractivity contribution in [2.45, 2.75) is 13.8 Å². The number of carbonyl (C=O) groups is 1. The Labute approximate surface area is 158 Å². The molecule has 132 valence electrons. The Morgan fingerprint density at radius 2 is 1.73 bits per heavy atom. The lowest BCUT2D eigenvalue weighted by Crippen LogP contribution is -2.25.